The molecule has 2 heterocycles. The molecule has 1 aliphatic carbocycles. The van der Waals surface area contributed by atoms with Crippen LogP contribution in [-0.2, 0) is 0 Å². The van der Waals surface area contributed by atoms with E-state index >= 15 is 0 Å². The molecule has 0 atom stereocenters. The summed E-state index contributed by atoms with van der Waals surface area (Å²) >= 11 is 12.0. The molecule has 150 valence electrons. The first-order valence-electron chi connectivity index (χ1n) is 9.74. The van der Waals surface area contributed by atoms with Crippen molar-refractivity contribution in [2.45, 2.75) is 44.7 Å². The van der Waals surface area contributed by atoms with E-state index in [1.54, 1.807) is 18.3 Å². The lowest BCUT2D eigenvalue weighted by Crippen LogP contribution is -2.40. The quantitative estimate of drug-likeness (QED) is 0.545. The van der Waals surface area contributed by atoms with Gasteiger partial charge in [-0.2, -0.15) is 0 Å². The maximum Gasteiger partial charge on any atom is 0.251 e. The minimum atomic E-state index is -0.0918. The molecule has 1 aliphatic rings. The van der Waals surface area contributed by atoms with E-state index in [-0.39, 0.29) is 11.9 Å². The number of halogens is 2. The van der Waals surface area contributed by atoms with Gasteiger partial charge in [0.1, 0.15) is 5.15 Å². The van der Waals surface area contributed by atoms with Crippen molar-refractivity contribution in [2.75, 3.05) is 5.32 Å². The number of benzene rings is 1. The van der Waals surface area contributed by atoms with Gasteiger partial charge in [-0.05, 0) is 69.0 Å². The molecule has 1 saturated carbocycles. The lowest BCUT2D eigenvalue weighted by molar-refractivity contribution is 0.0926. The molecule has 0 bridgehead atoms. The van der Waals surface area contributed by atoms with Crippen LogP contribution in [0.25, 0.3) is 10.9 Å². The summed E-state index contributed by atoms with van der Waals surface area (Å²) in [5.74, 6) is -0.0918. The average molecular weight is 429 g/mol. The maximum absolute atomic E-state index is 12.5. The molecule has 29 heavy (non-hydrogen) atoms. The number of hydrogen-bond acceptors (Lipinski definition) is 4. The van der Waals surface area contributed by atoms with Gasteiger partial charge >= 0.3 is 0 Å². The van der Waals surface area contributed by atoms with E-state index in [1.165, 1.54) is 0 Å². The first-order chi connectivity index (χ1) is 14.0. The molecule has 2 N–H and O–H groups in total. The van der Waals surface area contributed by atoms with Gasteiger partial charge in [0.05, 0.1) is 5.52 Å². The third-order valence-electron chi connectivity index (χ3n) is 5.31. The zero-order valence-electron chi connectivity index (χ0n) is 16.1. The molecule has 0 spiro atoms. The van der Waals surface area contributed by atoms with Gasteiger partial charge in [0.15, 0.2) is 0 Å². The zero-order chi connectivity index (χ0) is 20.4. The SMILES string of the molecule is Cc1cc(C(=O)NC2CCC(Nc3ccnc4cc(Cl)ccc34)CC2)cc(Cl)n1. The highest BCUT2D eigenvalue weighted by atomic mass is 35.5. The Morgan fingerprint density at radius 2 is 1.79 bits per heavy atom. The van der Waals surface area contributed by atoms with Gasteiger partial charge in [-0.1, -0.05) is 23.2 Å². The summed E-state index contributed by atoms with van der Waals surface area (Å²) in [5.41, 5.74) is 3.25. The van der Waals surface area contributed by atoms with E-state index in [2.05, 4.69) is 20.6 Å². The second kappa shape index (κ2) is 8.56. The maximum atomic E-state index is 12.5. The lowest BCUT2D eigenvalue weighted by Gasteiger charge is -2.30. The van der Waals surface area contributed by atoms with Crippen molar-refractivity contribution in [1.82, 2.24) is 15.3 Å². The highest BCUT2D eigenvalue weighted by molar-refractivity contribution is 6.31. The number of hydrogen-bond donors (Lipinski definition) is 2. The zero-order valence-corrected chi connectivity index (χ0v) is 17.6. The number of amides is 1. The molecule has 1 fully saturated rings. The van der Waals surface area contributed by atoms with Crippen molar-refractivity contribution in [1.29, 1.82) is 0 Å². The molecule has 5 nitrogen and oxygen atoms in total. The number of carbonyl (C=O) groups excluding carboxylic acids is 1. The Balaban J connectivity index is 1.36. The van der Waals surface area contributed by atoms with Crippen LogP contribution >= 0.6 is 23.2 Å². The van der Waals surface area contributed by atoms with Crippen LogP contribution in [0.15, 0.2) is 42.6 Å². The Hall–Kier alpha value is -2.37. The van der Waals surface area contributed by atoms with Gasteiger partial charge in [0.2, 0.25) is 0 Å². The first-order valence-corrected chi connectivity index (χ1v) is 10.5. The molecule has 4 rings (SSSR count). The summed E-state index contributed by atoms with van der Waals surface area (Å²) in [5, 5.41) is 8.87. The summed E-state index contributed by atoms with van der Waals surface area (Å²) in [4.78, 5) is 21.0. The number of nitrogens with one attached hydrogen (secondary N) is 2. The molecule has 0 saturated heterocycles. The molecule has 0 aliphatic heterocycles. The van der Waals surface area contributed by atoms with E-state index in [0.717, 1.165) is 48.0 Å². The van der Waals surface area contributed by atoms with Crippen molar-refractivity contribution in [3.63, 3.8) is 0 Å². The van der Waals surface area contributed by atoms with Gasteiger partial charge in [-0.3, -0.25) is 9.78 Å². The summed E-state index contributed by atoms with van der Waals surface area (Å²) in [6, 6.07) is 11.7. The summed E-state index contributed by atoms with van der Waals surface area (Å²) < 4.78 is 0. The van der Waals surface area contributed by atoms with E-state index < -0.39 is 0 Å². The predicted octanol–water partition coefficient (Wildman–Crippen LogP) is 5.40. The van der Waals surface area contributed by atoms with E-state index in [9.17, 15) is 4.79 Å². The van der Waals surface area contributed by atoms with Crippen LogP contribution in [0.2, 0.25) is 10.2 Å². The Labute approximate surface area is 179 Å². The number of nitrogens with zero attached hydrogens (tertiary/aromatic N) is 2. The minimum absolute atomic E-state index is 0.0918. The Morgan fingerprint density at radius 3 is 2.55 bits per heavy atom. The van der Waals surface area contributed by atoms with Gasteiger partial charge in [0.25, 0.3) is 5.91 Å². The van der Waals surface area contributed by atoms with Crippen LogP contribution in [0.5, 0.6) is 0 Å². The monoisotopic (exact) mass is 428 g/mol. The number of carbonyl (C=O) groups is 1. The average Bonchev–Trinajstić information content (AvgIpc) is 2.68. The minimum Gasteiger partial charge on any atom is -0.382 e. The third kappa shape index (κ3) is 4.80. The fourth-order valence-corrected chi connectivity index (χ4v) is 4.29. The second-order valence-electron chi connectivity index (χ2n) is 7.51. The fourth-order valence-electron chi connectivity index (χ4n) is 3.88. The standard InChI is InChI=1S/C22H22Cl2N4O/c1-13-10-14(11-21(24)26-13)22(29)28-17-5-3-16(4-6-17)27-19-8-9-25-20-12-15(23)2-7-18(19)20/h2,7-12,16-17H,3-6H2,1H3,(H,25,27)(H,28,29). The van der Waals surface area contributed by atoms with Crippen molar-refractivity contribution in [3.05, 3.63) is 64.0 Å². The summed E-state index contributed by atoms with van der Waals surface area (Å²) in [7, 11) is 0. The summed E-state index contributed by atoms with van der Waals surface area (Å²) in [6.45, 7) is 1.83. The molecule has 7 heteroatoms. The largest absolute Gasteiger partial charge is 0.382 e. The predicted molar refractivity (Wildman–Crippen MR) is 118 cm³/mol. The van der Waals surface area contributed by atoms with Crippen LogP contribution in [0.1, 0.15) is 41.7 Å². The Morgan fingerprint density at radius 1 is 1.03 bits per heavy atom. The number of pyridine rings is 2. The van der Waals surface area contributed by atoms with Crippen molar-refractivity contribution in [3.8, 4) is 0 Å². The molecule has 2 aromatic heterocycles. The first kappa shape index (κ1) is 19.9. The molecule has 1 aromatic carbocycles. The van der Waals surface area contributed by atoms with Crippen LogP contribution in [0, 0.1) is 6.92 Å². The fraction of sp³-hybridized carbons (Fsp3) is 0.318. The molecule has 3 aromatic rings. The summed E-state index contributed by atoms with van der Waals surface area (Å²) in [6.07, 6.45) is 5.62. The smallest absolute Gasteiger partial charge is 0.251 e. The lowest BCUT2D eigenvalue weighted by atomic mass is 9.90. The number of rotatable bonds is 4. The van der Waals surface area contributed by atoms with Crippen LogP contribution in [-0.4, -0.2) is 28.0 Å². The Bertz CT molecular complexity index is 1030. The molecule has 1 amide bonds. The van der Waals surface area contributed by atoms with Gasteiger partial charge in [0, 0.05) is 45.6 Å². The number of anilines is 1. The van der Waals surface area contributed by atoms with Crippen molar-refractivity contribution in [2.24, 2.45) is 0 Å². The van der Waals surface area contributed by atoms with Crippen LogP contribution in [0.4, 0.5) is 5.69 Å². The van der Waals surface area contributed by atoms with Gasteiger partial charge in [-0.25, -0.2) is 4.98 Å². The van der Waals surface area contributed by atoms with Crippen LogP contribution in [0.3, 0.4) is 0 Å². The van der Waals surface area contributed by atoms with Gasteiger partial charge < -0.3 is 10.6 Å². The van der Waals surface area contributed by atoms with Crippen LogP contribution < -0.4 is 10.6 Å². The second-order valence-corrected chi connectivity index (χ2v) is 8.33. The number of aryl methyl sites for hydroxylation is 1. The highest BCUT2D eigenvalue weighted by Gasteiger charge is 2.23. The molecule has 0 radical (unpaired) electrons. The topological polar surface area (TPSA) is 66.9 Å². The van der Waals surface area contributed by atoms with E-state index in [1.807, 2.05) is 31.2 Å². The third-order valence-corrected chi connectivity index (χ3v) is 5.74. The van der Waals surface area contributed by atoms with E-state index in [4.69, 9.17) is 23.2 Å². The Kier molecular flexibility index (Phi) is 5.88. The normalized spacial score (nSPS) is 19.1. The number of aromatic nitrogens is 2. The van der Waals surface area contributed by atoms with E-state index in [0.29, 0.717) is 21.8 Å². The molecular formula is C22H22Cl2N4O. The highest BCUT2D eigenvalue weighted by Crippen LogP contribution is 2.28. The number of fused-ring (bicyclic) bond motifs is 1. The van der Waals surface area contributed by atoms with Crippen molar-refractivity contribution < 1.29 is 4.79 Å². The molecular weight excluding hydrogens is 407 g/mol. The van der Waals surface area contributed by atoms with Crippen molar-refractivity contribution >= 4 is 45.7 Å². The van der Waals surface area contributed by atoms with Gasteiger partial charge in [-0.15, -0.1) is 0 Å². The molecule has 0 unspecified atom stereocenters.